The fraction of sp³-hybridized carbons (Fsp3) is 0.333. The Balaban J connectivity index is 2.30. The van der Waals surface area contributed by atoms with Gasteiger partial charge in [0.05, 0.1) is 11.3 Å². The molecular weight excluding hydrogens is 280 g/mol. The van der Waals surface area contributed by atoms with Crippen LogP contribution in [0.2, 0.25) is 5.02 Å². The molecule has 0 aliphatic rings. The van der Waals surface area contributed by atoms with Crippen LogP contribution in [0.3, 0.4) is 0 Å². The maximum atomic E-state index is 12.3. The Labute approximate surface area is 121 Å². The number of carbonyl (C=O) groups is 1. The minimum atomic E-state index is -0.497. The number of halogens is 1. The summed E-state index contributed by atoms with van der Waals surface area (Å²) >= 11 is 5.95. The van der Waals surface area contributed by atoms with Crippen molar-refractivity contribution in [3.05, 3.63) is 35.1 Å². The molecule has 2 rings (SSSR count). The molecule has 1 aromatic carbocycles. The van der Waals surface area contributed by atoms with Crippen molar-refractivity contribution in [3.8, 4) is 5.69 Å². The van der Waals surface area contributed by atoms with Crippen LogP contribution in [0.1, 0.15) is 24.2 Å². The van der Waals surface area contributed by atoms with Crippen molar-refractivity contribution in [1.29, 1.82) is 0 Å². The van der Waals surface area contributed by atoms with E-state index in [2.05, 4.69) is 20.8 Å². The Hall–Kier alpha value is -1.99. The van der Waals surface area contributed by atoms with Crippen molar-refractivity contribution in [1.82, 2.24) is 25.5 Å². The van der Waals surface area contributed by atoms with Gasteiger partial charge >= 0.3 is 0 Å². The number of nitrogens with one attached hydrogen (secondary N) is 1. The van der Waals surface area contributed by atoms with Crippen molar-refractivity contribution < 1.29 is 4.79 Å². The fourth-order valence-electron chi connectivity index (χ4n) is 1.56. The fourth-order valence-corrected chi connectivity index (χ4v) is 1.74. The molecule has 0 saturated carbocycles. The van der Waals surface area contributed by atoms with Crippen LogP contribution in [-0.2, 0) is 0 Å². The van der Waals surface area contributed by atoms with Gasteiger partial charge in [-0.3, -0.25) is 4.79 Å². The number of hydrogen-bond acceptors (Lipinski definition) is 5. The molecule has 0 fully saturated rings. The minimum Gasteiger partial charge on any atom is -0.350 e. The van der Waals surface area contributed by atoms with E-state index < -0.39 is 5.54 Å². The standard InChI is InChI=1S/C12H15ClN6O/c1-12(2,14)6-15-11(20)9-5-8(13)3-4-10(9)19-7-16-17-18-19/h3-5,7H,6,14H2,1-2H3,(H,15,20). The normalized spacial score (nSPS) is 11.4. The van der Waals surface area contributed by atoms with E-state index in [-0.39, 0.29) is 5.91 Å². The molecule has 0 saturated heterocycles. The van der Waals surface area contributed by atoms with Gasteiger partial charge in [0, 0.05) is 17.1 Å². The third-order valence-electron chi connectivity index (χ3n) is 2.50. The van der Waals surface area contributed by atoms with Crippen LogP contribution < -0.4 is 11.1 Å². The molecule has 8 heteroatoms. The molecule has 7 nitrogen and oxygen atoms in total. The van der Waals surface area contributed by atoms with E-state index in [1.165, 1.54) is 11.0 Å². The van der Waals surface area contributed by atoms with Gasteiger partial charge in [0.1, 0.15) is 6.33 Å². The molecule has 1 aromatic heterocycles. The number of tetrazole rings is 1. The average molecular weight is 295 g/mol. The van der Waals surface area contributed by atoms with E-state index in [0.29, 0.717) is 22.8 Å². The smallest absolute Gasteiger partial charge is 0.253 e. The average Bonchev–Trinajstić information content (AvgIpc) is 2.88. The molecule has 1 amide bonds. The zero-order valence-electron chi connectivity index (χ0n) is 11.2. The van der Waals surface area contributed by atoms with E-state index in [1.54, 1.807) is 18.2 Å². The van der Waals surface area contributed by atoms with Crippen LogP contribution in [0.25, 0.3) is 5.69 Å². The third-order valence-corrected chi connectivity index (χ3v) is 2.74. The first-order valence-electron chi connectivity index (χ1n) is 5.97. The van der Waals surface area contributed by atoms with E-state index in [0.717, 1.165) is 0 Å². The summed E-state index contributed by atoms with van der Waals surface area (Å²) in [6.45, 7) is 3.99. The van der Waals surface area contributed by atoms with Crippen LogP contribution in [0.15, 0.2) is 24.5 Å². The van der Waals surface area contributed by atoms with E-state index >= 15 is 0 Å². The molecule has 0 atom stereocenters. The Kier molecular flexibility index (Phi) is 4.01. The van der Waals surface area contributed by atoms with Crippen LogP contribution in [0, 0.1) is 0 Å². The monoisotopic (exact) mass is 294 g/mol. The largest absolute Gasteiger partial charge is 0.350 e. The molecule has 3 N–H and O–H groups in total. The van der Waals surface area contributed by atoms with Gasteiger partial charge in [-0.05, 0) is 42.5 Å². The maximum Gasteiger partial charge on any atom is 0.253 e. The molecule has 0 bridgehead atoms. The van der Waals surface area contributed by atoms with Gasteiger partial charge in [0.2, 0.25) is 0 Å². The number of aromatic nitrogens is 4. The highest BCUT2D eigenvalue weighted by molar-refractivity contribution is 6.31. The highest BCUT2D eigenvalue weighted by atomic mass is 35.5. The molecule has 0 aliphatic heterocycles. The Bertz CT molecular complexity index is 605. The summed E-state index contributed by atoms with van der Waals surface area (Å²) in [5.41, 5.74) is 6.28. The number of nitrogens with zero attached hydrogens (tertiary/aromatic N) is 4. The second kappa shape index (κ2) is 5.56. The summed E-state index contributed by atoms with van der Waals surface area (Å²) < 4.78 is 1.40. The summed E-state index contributed by atoms with van der Waals surface area (Å²) in [7, 11) is 0. The van der Waals surface area contributed by atoms with Gasteiger partial charge in [0.15, 0.2) is 0 Å². The second-order valence-corrected chi connectivity index (χ2v) is 5.52. The topological polar surface area (TPSA) is 98.7 Å². The molecule has 0 unspecified atom stereocenters. The summed E-state index contributed by atoms with van der Waals surface area (Å²) in [5, 5.41) is 14.1. The Morgan fingerprint density at radius 1 is 1.50 bits per heavy atom. The molecular formula is C12H15ClN6O. The number of rotatable bonds is 4. The highest BCUT2D eigenvalue weighted by Gasteiger charge is 2.17. The lowest BCUT2D eigenvalue weighted by atomic mass is 10.1. The first kappa shape index (κ1) is 14.4. The van der Waals surface area contributed by atoms with Gasteiger partial charge in [-0.2, -0.15) is 4.68 Å². The SMILES string of the molecule is CC(C)(N)CNC(=O)c1cc(Cl)ccc1-n1cnnn1. The zero-order chi connectivity index (χ0) is 14.8. The van der Waals surface area contributed by atoms with Gasteiger partial charge < -0.3 is 11.1 Å². The molecule has 1 heterocycles. The second-order valence-electron chi connectivity index (χ2n) is 5.09. The summed E-state index contributed by atoms with van der Waals surface area (Å²) in [5.74, 6) is -0.281. The molecule has 0 spiro atoms. The molecule has 0 radical (unpaired) electrons. The lowest BCUT2D eigenvalue weighted by Gasteiger charge is -2.19. The minimum absolute atomic E-state index is 0.281. The Morgan fingerprint density at radius 2 is 2.25 bits per heavy atom. The van der Waals surface area contributed by atoms with Crippen LogP contribution in [0.4, 0.5) is 0 Å². The third kappa shape index (κ3) is 3.52. The number of carbonyl (C=O) groups excluding carboxylic acids is 1. The lowest BCUT2D eigenvalue weighted by Crippen LogP contribution is -2.45. The predicted molar refractivity (Wildman–Crippen MR) is 74.8 cm³/mol. The van der Waals surface area contributed by atoms with Gasteiger partial charge in [-0.1, -0.05) is 11.6 Å². The summed E-state index contributed by atoms with van der Waals surface area (Å²) in [6, 6.07) is 4.92. The first-order chi connectivity index (χ1) is 9.37. The molecule has 0 aliphatic carbocycles. The summed E-state index contributed by atoms with van der Waals surface area (Å²) in [4.78, 5) is 12.3. The van der Waals surface area contributed by atoms with Crippen LogP contribution in [0.5, 0.6) is 0 Å². The van der Waals surface area contributed by atoms with E-state index in [4.69, 9.17) is 17.3 Å². The number of hydrogen-bond donors (Lipinski definition) is 2. The Morgan fingerprint density at radius 3 is 2.85 bits per heavy atom. The van der Waals surface area contributed by atoms with Crippen molar-refractivity contribution in [2.45, 2.75) is 19.4 Å². The van der Waals surface area contributed by atoms with Crippen molar-refractivity contribution in [2.75, 3.05) is 6.54 Å². The highest BCUT2D eigenvalue weighted by Crippen LogP contribution is 2.19. The van der Waals surface area contributed by atoms with E-state index in [1.807, 2.05) is 13.8 Å². The molecule has 20 heavy (non-hydrogen) atoms. The van der Waals surface area contributed by atoms with Crippen molar-refractivity contribution >= 4 is 17.5 Å². The van der Waals surface area contributed by atoms with Crippen LogP contribution in [-0.4, -0.2) is 38.2 Å². The number of nitrogens with two attached hydrogens (primary N) is 1. The predicted octanol–water partition coefficient (Wildman–Crippen LogP) is 0.783. The first-order valence-corrected chi connectivity index (χ1v) is 6.34. The molecule has 106 valence electrons. The van der Waals surface area contributed by atoms with Crippen molar-refractivity contribution in [3.63, 3.8) is 0 Å². The van der Waals surface area contributed by atoms with E-state index in [9.17, 15) is 4.79 Å². The maximum absolute atomic E-state index is 12.3. The molecule has 2 aromatic rings. The lowest BCUT2D eigenvalue weighted by molar-refractivity contribution is 0.0946. The quantitative estimate of drug-likeness (QED) is 0.868. The van der Waals surface area contributed by atoms with Crippen LogP contribution >= 0.6 is 11.6 Å². The van der Waals surface area contributed by atoms with Gasteiger partial charge in [0.25, 0.3) is 5.91 Å². The number of benzene rings is 1. The van der Waals surface area contributed by atoms with Gasteiger partial charge in [-0.15, -0.1) is 5.10 Å². The number of amides is 1. The van der Waals surface area contributed by atoms with Gasteiger partial charge in [-0.25, -0.2) is 0 Å². The zero-order valence-corrected chi connectivity index (χ0v) is 11.9. The summed E-state index contributed by atoms with van der Waals surface area (Å²) in [6.07, 6.45) is 1.41. The van der Waals surface area contributed by atoms with Crippen molar-refractivity contribution in [2.24, 2.45) is 5.73 Å².